The molecule has 0 saturated heterocycles. The van der Waals surface area contributed by atoms with Crippen LogP contribution in [-0.4, -0.2) is 16.3 Å². The second-order valence-electron chi connectivity index (χ2n) is 2.93. The molecule has 15 heavy (non-hydrogen) atoms. The molecule has 0 fully saturated rings. The van der Waals surface area contributed by atoms with E-state index in [1.165, 1.54) is 18.3 Å². The second kappa shape index (κ2) is 3.82. The average molecular weight is 225 g/mol. The number of hydrogen-bond acceptors (Lipinski definition) is 2. The Morgan fingerprint density at radius 2 is 2.27 bits per heavy atom. The molecule has 0 aliphatic carbocycles. The summed E-state index contributed by atoms with van der Waals surface area (Å²) in [6, 6.07) is 4.29. The van der Waals surface area contributed by atoms with Crippen molar-refractivity contribution in [2.45, 2.75) is 0 Å². The summed E-state index contributed by atoms with van der Waals surface area (Å²) >= 11 is 5.63. The predicted molar refractivity (Wildman–Crippen MR) is 54.4 cm³/mol. The molecule has 0 amide bonds. The van der Waals surface area contributed by atoms with E-state index in [0.29, 0.717) is 17.5 Å². The Balaban J connectivity index is 2.44. The summed E-state index contributed by atoms with van der Waals surface area (Å²) in [5.74, 6) is -0.249. The zero-order valence-electron chi connectivity index (χ0n) is 7.50. The van der Waals surface area contributed by atoms with Gasteiger partial charge in [0.25, 0.3) is 0 Å². The van der Waals surface area contributed by atoms with Gasteiger partial charge in [0.05, 0.1) is 16.9 Å². The minimum Gasteiger partial charge on any atom is -0.336 e. The molecule has 1 heterocycles. The Morgan fingerprint density at radius 1 is 1.47 bits per heavy atom. The average Bonchev–Trinajstić information content (AvgIpc) is 2.70. The van der Waals surface area contributed by atoms with Gasteiger partial charge in [-0.1, -0.05) is 11.6 Å². The van der Waals surface area contributed by atoms with Crippen LogP contribution < -0.4 is 0 Å². The Labute approximate surface area is 89.9 Å². The number of benzene rings is 1. The highest BCUT2D eigenvalue weighted by atomic mass is 35.5. The van der Waals surface area contributed by atoms with Gasteiger partial charge in [-0.15, -0.1) is 0 Å². The number of carbonyl (C=O) groups excluding carboxylic acids is 1. The molecule has 3 nitrogen and oxygen atoms in total. The molecule has 1 aromatic carbocycles. The molecule has 1 aromatic heterocycles. The van der Waals surface area contributed by atoms with Gasteiger partial charge in [0, 0.05) is 5.56 Å². The van der Waals surface area contributed by atoms with Crippen LogP contribution in [0.15, 0.2) is 24.4 Å². The van der Waals surface area contributed by atoms with Crippen LogP contribution in [0.5, 0.6) is 0 Å². The van der Waals surface area contributed by atoms with Gasteiger partial charge in [0.2, 0.25) is 0 Å². The maximum atomic E-state index is 12.9. The number of H-pyrrole nitrogens is 1. The van der Waals surface area contributed by atoms with Crippen LogP contribution >= 0.6 is 11.6 Å². The van der Waals surface area contributed by atoms with E-state index in [4.69, 9.17) is 11.6 Å². The number of aromatic nitrogens is 2. The third-order valence-electron chi connectivity index (χ3n) is 1.94. The number of halogens is 2. The quantitative estimate of drug-likeness (QED) is 0.798. The molecule has 0 radical (unpaired) electrons. The van der Waals surface area contributed by atoms with Crippen molar-refractivity contribution in [3.8, 4) is 11.3 Å². The molecule has 5 heteroatoms. The highest BCUT2D eigenvalue weighted by molar-refractivity contribution is 6.31. The van der Waals surface area contributed by atoms with E-state index in [2.05, 4.69) is 9.97 Å². The summed E-state index contributed by atoms with van der Waals surface area (Å²) in [6.45, 7) is 0. The molecule has 0 aliphatic heterocycles. The molecule has 0 bridgehead atoms. The van der Waals surface area contributed by atoms with Crippen LogP contribution in [0.4, 0.5) is 4.39 Å². The molecule has 0 atom stereocenters. The predicted octanol–water partition coefficient (Wildman–Crippen LogP) is 2.68. The first-order valence-electron chi connectivity index (χ1n) is 4.16. The molecule has 0 unspecified atom stereocenters. The zero-order valence-corrected chi connectivity index (χ0v) is 8.25. The van der Waals surface area contributed by atoms with Gasteiger partial charge in [-0.25, -0.2) is 9.37 Å². The lowest BCUT2D eigenvalue weighted by Gasteiger charge is -1.98. The standard InChI is InChI=1S/C10H6ClFN2O/c11-7-3-6(1-2-8(7)12)9-4-13-10(5-15)14-9/h1-5H,(H,13,14). The monoisotopic (exact) mass is 224 g/mol. The summed E-state index contributed by atoms with van der Waals surface area (Å²) in [5, 5.41) is 0.0368. The molecular weight excluding hydrogens is 219 g/mol. The molecule has 76 valence electrons. The van der Waals surface area contributed by atoms with E-state index in [0.717, 1.165) is 0 Å². The third kappa shape index (κ3) is 1.89. The topological polar surface area (TPSA) is 45.8 Å². The van der Waals surface area contributed by atoms with Crippen molar-refractivity contribution in [2.24, 2.45) is 0 Å². The fraction of sp³-hybridized carbons (Fsp3) is 0. The van der Waals surface area contributed by atoms with Crippen LogP contribution in [-0.2, 0) is 0 Å². The molecule has 2 aromatic rings. The number of aldehydes is 1. The maximum absolute atomic E-state index is 12.9. The fourth-order valence-corrected chi connectivity index (χ4v) is 1.39. The molecule has 0 aliphatic rings. The molecular formula is C10H6ClFN2O. The summed E-state index contributed by atoms with van der Waals surface area (Å²) in [5.41, 5.74) is 1.31. The van der Waals surface area contributed by atoms with Gasteiger partial charge in [-0.05, 0) is 18.2 Å². The highest BCUT2D eigenvalue weighted by Gasteiger charge is 2.05. The Bertz CT molecular complexity index is 510. The normalized spacial score (nSPS) is 10.3. The highest BCUT2D eigenvalue weighted by Crippen LogP contribution is 2.23. The van der Waals surface area contributed by atoms with E-state index in [9.17, 15) is 9.18 Å². The van der Waals surface area contributed by atoms with Gasteiger partial charge in [-0.2, -0.15) is 0 Å². The van der Waals surface area contributed by atoms with E-state index in [1.54, 1.807) is 6.07 Å². The van der Waals surface area contributed by atoms with E-state index in [-0.39, 0.29) is 10.8 Å². The van der Waals surface area contributed by atoms with Crippen LogP contribution in [0.2, 0.25) is 5.02 Å². The summed E-state index contributed by atoms with van der Waals surface area (Å²) in [6.07, 6.45) is 2.10. The Morgan fingerprint density at radius 3 is 2.87 bits per heavy atom. The minimum atomic E-state index is -0.476. The lowest BCUT2D eigenvalue weighted by Crippen LogP contribution is -1.83. The molecule has 0 spiro atoms. The second-order valence-corrected chi connectivity index (χ2v) is 3.34. The van der Waals surface area contributed by atoms with Crippen LogP contribution in [0, 0.1) is 5.82 Å². The van der Waals surface area contributed by atoms with Gasteiger partial charge >= 0.3 is 0 Å². The van der Waals surface area contributed by atoms with Crippen molar-refractivity contribution in [3.63, 3.8) is 0 Å². The van der Waals surface area contributed by atoms with Crippen molar-refractivity contribution in [1.82, 2.24) is 9.97 Å². The number of carbonyl (C=O) groups is 1. The number of nitrogens with zero attached hydrogens (tertiary/aromatic N) is 1. The number of aromatic amines is 1. The lowest BCUT2D eigenvalue weighted by atomic mass is 10.2. The smallest absolute Gasteiger partial charge is 0.185 e. The molecule has 2 rings (SSSR count). The summed E-state index contributed by atoms with van der Waals surface area (Å²) in [7, 11) is 0. The van der Waals surface area contributed by atoms with Crippen LogP contribution in [0.1, 0.15) is 10.6 Å². The minimum absolute atomic E-state index is 0.0368. The first kappa shape index (κ1) is 9.86. The number of hydrogen-bond donors (Lipinski definition) is 1. The van der Waals surface area contributed by atoms with Crippen molar-refractivity contribution in [1.29, 1.82) is 0 Å². The van der Waals surface area contributed by atoms with Crippen molar-refractivity contribution < 1.29 is 9.18 Å². The Hall–Kier alpha value is -1.68. The largest absolute Gasteiger partial charge is 0.336 e. The van der Waals surface area contributed by atoms with Gasteiger partial charge in [0.15, 0.2) is 12.1 Å². The van der Waals surface area contributed by atoms with E-state index in [1.807, 2.05) is 0 Å². The Kier molecular flexibility index (Phi) is 2.51. The number of rotatable bonds is 2. The molecule has 1 N–H and O–H groups in total. The van der Waals surface area contributed by atoms with E-state index >= 15 is 0 Å². The fourth-order valence-electron chi connectivity index (χ4n) is 1.21. The van der Waals surface area contributed by atoms with Gasteiger partial charge < -0.3 is 4.98 Å². The van der Waals surface area contributed by atoms with E-state index < -0.39 is 5.82 Å². The van der Waals surface area contributed by atoms with Crippen molar-refractivity contribution in [2.75, 3.05) is 0 Å². The number of imidazole rings is 1. The van der Waals surface area contributed by atoms with Gasteiger partial charge in [0.1, 0.15) is 5.82 Å². The summed E-state index contributed by atoms with van der Waals surface area (Å²) in [4.78, 5) is 17.0. The first-order valence-corrected chi connectivity index (χ1v) is 4.54. The lowest BCUT2D eigenvalue weighted by molar-refractivity contribution is 0.111. The molecule has 0 saturated carbocycles. The van der Waals surface area contributed by atoms with Crippen LogP contribution in [0.25, 0.3) is 11.3 Å². The maximum Gasteiger partial charge on any atom is 0.185 e. The number of nitrogens with one attached hydrogen (secondary N) is 1. The zero-order chi connectivity index (χ0) is 10.8. The summed E-state index contributed by atoms with van der Waals surface area (Å²) < 4.78 is 12.9. The SMILES string of the molecule is O=Cc1ncc(-c2ccc(F)c(Cl)c2)[nH]1. The van der Waals surface area contributed by atoms with Crippen molar-refractivity contribution >= 4 is 17.9 Å². The van der Waals surface area contributed by atoms with Crippen molar-refractivity contribution in [3.05, 3.63) is 41.1 Å². The first-order chi connectivity index (χ1) is 7.20. The van der Waals surface area contributed by atoms with Gasteiger partial charge in [-0.3, -0.25) is 4.79 Å². The van der Waals surface area contributed by atoms with Crippen LogP contribution in [0.3, 0.4) is 0 Å². The third-order valence-corrected chi connectivity index (χ3v) is 2.23.